The lowest BCUT2D eigenvalue weighted by Gasteiger charge is -2.51. The van der Waals surface area contributed by atoms with Crippen LogP contribution in [-0.2, 0) is 40.3 Å². The maximum Gasteiger partial charge on any atom is 0.330 e. The number of hydrogen-bond acceptors (Lipinski definition) is 10. The second kappa shape index (κ2) is 18.5. The van der Waals surface area contributed by atoms with Gasteiger partial charge in [-0.15, -0.1) is 0 Å². The maximum absolute atomic E-state index is 12.9. The van der Waals surface area contributed by atoms with Crippen LogP contribution in [0, 0.1) is 33.5 Å². The highest BCUT2D eigenvalue weighted by Crippen LogP contribution is 2.33. The van der Waals surface area contributed by atoms with Crippen molar-refractivity contribution in [1.82, 2.24) is 48.3 Å². The van der Waals surface area contributed by atoms with E-state index in [2.05, 4.69) is 105 Å². The smallest absolute Gasteiger partial charge is 0.311 e. The third kappa shape index (κ3) is 9.44. The van der Waals surface area contributed by atoms with Gasteiger partial charge in [-0.25, -0.2) is 19.6 Å². The highest BCUT2D eigenvalue weighted by molar-refractivity contribution is 5.79. The fourth-order valence-corrected chi connectivity index (χ4v) is 11.1. The van der Waals surface area contributed by atoms with E-state index in [-0.39, 0.29) is 22.2 Å². The fraction of sp³-hybridized carbons (Fsp3) is 0.519. The van der Waals surface area contributed by atoms with Crippen LogP contribution in [0.4, 0.5) is 0 Å². The molecule has 10 heterocycles. The summed E-state index contributed by atoms with van der Waals surface area (Å²) in [7, 11) is 3.54. The number of pyridine rings is 2. The monoisotopic (exact) mass is 917 g/mol. The van der Waals surface area contributed by atoms with Crippen LogP contribution in [0.15, 0.2) is 70.3 Å². The van der Waals surface area contributed by atoms with Crippen molar-refractivity contribution >= 4 is 22.3 Å². The molecule has 4 aromatic heterocycles. The Morgan fingerprint density at radius 2 is 1.07 bits per heavy atom. The summed E-state index contributed by atoms with van der Waals surface area (Å²) in [5, 5.41) is 23.2. The molecule has 4 atom stereocenters. The predicted octanol–water partition coefficient (Wildman–Crippen LogP) is 7.24. The van der Waals surface area contributed by atoms with Crippen molar-refractivity contribution in [3.63, 3.8) is 0 Å². The Balaban J connectivity index is 0.000000170. The minimum atomic E-state index is -0.0624. The van der Waals surface area contributed by atoms with Crippen LogP contribution in [-0.4, -0.2) is 99.8 Å². The van der Waals surface area contributed by atoms with Crippen LogP contribution >= 0.6 is 0 Å². The molecule has 6 aliphatic heterocycles. The first-order chi connectivity index (χ1) is 32.4. The molecule has 14 heteroatoms. The zero-order valence-electron chi connectivity index (χ0n) is 41.5. The molecule has 12 rings (SSSR count). The van der Waals surface area contributed by atoms with Gasteiger partial charge < -0.3 is 5.32 Å². The second-order valence-corrected chi connectivity index (χ2v) is 22.2. The highest BCUT2D eigenvalue weighted by Gasteiger charge is 2.38. The van der Waals surface area contributed by atoms with Crippen molar-refractivity contribution in [2.24, 2.45) is 24.9 Å². The molecule has 4 bridgehead atoms. The lowest BCUT2D eigenvalue weighted by molar-refractivity contribution is -0.0222. The van der Waals surface area contributed by atoms with Crippen LogP contribution in [0.2, 0.25) is 0 Å². The van der Waals surface area contributed by atoms with Gasteiger partial charge in [0.15, 0.2) is 11.3 Å². The standard InChI is InChI=1S/C28H36N6O.C26H32N6O/c1-6-32-16-22-10-9-21(32)17-33(22)15-19-7-8-20(14-29)23(13-19)24-11-12-25-26(30-24)31(5)27(35)34(25)18-28(2,3)4;1-26(2,3)16-32-23-10-9-22(29-24(23)30(4)25(32)33)21-11-17(5-6-18(21)12-27)14-31-15-19-7-8-20(31)13-28-19/h7-8,11-13,21-22H,6,9-10,15-18H2,1-5H3;5-6,9-11,19-20,28H,7-8,13-16H2,1-4H3. The zero-order chi connectivity index (χ0) is 48.2. The van der Waals surface area contributed by atoms with Gasteiger partial charge in [-0.3, -0.25) is 33.0 Å². The third-order valence-electron chi connectivity index (χ3n) is 14.6. The van der Waals surface area contributed by atoms with E-state index < -0.39 is 0 Å². The van der Waals surface area contributed by atoms with Gasteiger partial charge >= 0.3 is 11.4 Å². The molecular formula is C54H68N12O2. The molecule has 14 nitrogen and oxygen atoms in total. The number of fused-ring (bicyclic) bond motifs is 8. The van der Waals surface area contributed by atoms with E-state index in [1.807, 2.05) is 36.4 Å². The molecule has 6 fully saturated rings. The second-order valence-electron chi connectivity index (χ2n) is 22.2. The van der Waals surface area contributed by atoms with E-state index in [9.17, 15) is 20.1 Å². The van der Waals surface area contributed by atoms with Gasteiger partial charge in [-0.1, -0.05) is 60.6 Å². The Kier molecular flexibility index (Phi) is 12.9. The number of aromatic nitrogens is 6. The van der Waals surface area contributed by atoms with Crippen molar-refractivity contribution < 1.29 is 0 Å². The van der Waals surface area contributed by atoms with Crippen LogP contribution < -0.4 is 16.7 Å². The maximum atomic E-state index is 12.9. The average molecular weight is 917 g/mol. The van der Waals surface area contributed by atoms with Gasteiger partial charge in [-0.05, 0) is 103 Å². The van der Waals surface area contributed by atoms with Crippen LogP contribution in [0.5, 0.6) is 0 Å². The normalized spacial score (nSPS) is 21.0. The topological polar surface area (TPSA) is 149 Å². The Morgan fingerprint density at radius 3 is 1.46 bits per heavy atom. The summed E-state index contributed by atoms with van der Waals surface area (Å²) in [5.74, 6) is 0. The summed E-state index contributed by atoms with van der Waals surface area (Å²) < 4.78 is 6.83. The third-order valence-corrected chi connectivity index (χ3v) is 14.6. The number of benzene rings is 2. The van der Waals surface area contributed by atoms with Gasteiger partial charge in [0, 0.05) is 102 Å². The Morgan fingerprint density at radius 1 is 0.618 bits per heavy atom. The largest absolute Gasteiger partial charge is 0.330 e. The number of rotatable bonds is 9. The summed E-state index contributed by atoms with van der Waals surface area (Å²) in [4.78, 5) is 43.4. The van der Waals surface area contributed by atoms with Crippen molar-refractivity contribution in [3.8, 4) is 34.7 Å². The summed E-state index contributed by atoms with van der Waals surface area (Å²) in [6, 6.07) is 27.1. The van der Waals surface area contributed by atoms with E-state index in [0.717, 1.165) is 79.4 Å². The molecule has 6 aliphatic rings. The average Bonchev–Trinajstić information content (AvgIpc) is 3.69. The molecule has 0 amide bonds. The summed E-state index contributed by atoms with van der Waals surface area (Å²) in [6.07, 6.45) is 5.07. The van der Waals surface area contributed by atoms with Gasteiger partial charge in [0.1, 0.15) is 0 Å². The van der Waals surface area contributed by atoms with E-state index in [0.29, 0.717) is 59.7 Å². The van der Waals surface area contributed by atoms with E-state index in [1.54, 1.807) is 32.4 Å². The first-order valence-corrected chi connectivity index (χ1v) is 24.6. The summed E-state index contributed by atoms with van der Waals surface area (Å²) in [5.41, 5.74) is 9.51. The molecule has 1 N–H and O–H groups in total. The first-order valence-electron chi connectivity index (χ1n) is 24.6. The lowest BCUT2D eigenvalue weighted by Crippen LogP contribution is -2.61. The minimum Gasteiger partial charge on any atom is -0.311 e. The Hall–Kier alpha value is -5.90. The van der Waals surface area contributed by atoms with Gasteiger partial charge in [0.2, 0.25) is 0 Å². The molecule has 0 aliphatic carbocycles. The van der Waals surface area contributed by atoms with Gasteiger partial charge in [-0.2, -0.15) is 10.5 Å². The van der Waals surface area contributed by atoms with Gasteiger partial charge in [0.05, 0.1) is 45.7 Å². The minimum absolute atomic E-state index is 0.0253. The van der Waals surface area contributed by atoms with Crippen LogP contribution in [0.3, 0.4) is 0 Å². The number of aryl methyl sites for hydroxylation is 2. The van der Waals surface area contributed by atoms with Crippen molar-refractivity contribution in [2.45, 2.75) is 124 Å². The van der Waals surface area contributed by atoms with Crippen LogP contribution in [0.1, 0.15) is 96.4 Å². The molecule has 4 unspecified atom stereocenters. The fourth-order valence-electron chi connectivity index (χ4n) is 11.1. The Labute approximate surface area is 400 Å². The first kappa shape index (κ1) is 47.2. The molecular weight excluding hydrogens is 849 g/mol. The lowest BCUT2D eigenvalue weighted by atomic mass is 9.90. The number of likely N-dealkylation sites (N-methyl/N-ethyl adjacent to an activating group) is 1. The number of nitriles is 2. The number of imidazole rings is 2. The molecule has 2 aromatic carbocycles. The van der Waals surface area contributed by atoms with Gasteiger partial charge in [0.25, 0.3) is 0 Å². The predicted molar refractivity (Wildman–Crippen MR) is 269 cm³/mol. The quantitative estimate of drug-likeness (QED) is 0.157. The number of hydrogen-bond donors (Lipinski definition) is 1. The van der Waals surface area contributed by atoms with E-state index in [1.165, 1.54) is 36.8 Å². The zero-order valence-corrected chi connectivity index (χ0v) is 41.5. The van der Waals surface area contributed by atoms with Crippen molar-refractivity contribution in [3.05, 3.63) is 104 Å². The SMILES string of the molecule is CCN1CC2CCC1CN2Cc1ccc(C#N)c(-c2ccc3c(n2)n(C)c(=O)n3CC(C)(C)C)c1.Cn1c(=O)n(CC(C)(C)C)c2ccc(-c3cc(CN4CC5CCC4CN5)ccc3C#N)nc21. The van der Waals surface area contributed by atoms with Crippen molar-refractivity contribution in [2.75, 3.05) is 32.7 Å². The molecule has 356 valence electrons. The molecule has 6 saturated heterocycles. The van der Waals surface area contributed by atoms with E-state index >= 15 is 0 Å². The number of piperidine rings is 4. The molecule has 0 spiro atoms. The number of nitrogens with one attached hydrogen (secondary N) is 1. The highest BCUT2D eigenvalue weighted by atomic mass is 16.2. The van der Waals surface area contributed by atoms with Crippen molar-refractivity contribution in [1.29, 1.82) is 10.5 Å². The number of nitrogens with zero attached hydrogens (tertiary/aromatic N) is 11. The molecule has 0 radical (unpaired) electrons. The molecule has 6 aromatic rings. The molecule has 68 heavy (non-hydrogen) atoms. The number of piperazine rings is 2. The Bertz CT molecular complexity index is 3060. The summed E-state index contributed by atoms with van der Waals surface area (Å²) >= 11 is 0. The summed E-state index contributed by atoms with van der Waals surface area (Å²) in [6.45, 7) is 23.5. The van der Waals surface area contributed by atoms with E-state index in [4.69, 9.17) is 9.97 Å². The van der Waals surface area contributed by atoms with Crippen LogP contribution in [0.25, 0.3) is 44.8 Å². The molecule has 0 saturated carbocycles.